The van der Waals surface area contributed by atoms with Crippen molar-refractivity contribution in [3.63, 3.8) is 0 Å². The van der Waals surface area contributed by atoms with Gasteiger partial charge in [0.15, 0.2) is 11.0 Å². The van der Waals surface area contributed by atoms with Gasteiger partial charge >= 0.3 is 11.3 Å². The van der Waals surface area contributed by atoms with Crippen LogP contribution in [0, 0.1) is 0 Å². The zero-order valence-electron chi connectivity index (χ0n) is 23.0. The quantitative estimate of drug-likeness (QED) is 0.157. The van der Waals surface area contributed by atoms with Gasteiger partial charge in [-0.1, -0.05) is 36.4 Å². The molecule has 200 valence electrons. The third-order valence-corrected chi connectivity index (χ3v) is 10.5. The lowest BCUT2D eigenvalue weighted by molar-refractivity contribution is -0.924. The van der Waals surface area contributed by atoms with E-state index in [4.69, 9.17) is 14.7 Å². The molecule has 0 amide bonds. The van der Waals surface area contributed by atoms with Crippen molar-refractivity contribution in [2.75, 3.05) is 0 Å². The number of aromatic nitrogens is 6. The van der Waals surface area contributed by atoms with Crippen LogP contribution in [0.2, 0.25) is 0 Å². The van der Waals surface area contributed by atoms with E-state index in [0.717, 1.165) is 50.6 Å². The maximum atomic E-state index is 6.91. The number of nitrogens with zero attached hydrogens (tertiary/aromatic N) is 6. The van der Waals surface area contributed by atoms with Crippen LogP contribution in [0.15, 0.2) is 109 Å². The summed E-state index contributed by atoms with van der Waals surface area (Å²) >= 11 is 0. The van der Waals surface area contributed by atoms with E-state index in [1.54, 1.807) is 0 Å². The standard InChI is InChI=1S/C37H18N6O/c1-3-9-23-19(7-1)21-13-15-27-31-29(21)35-40(23)25-11-5-18-39-34(25)43(35)37(31)32-28(44-27)16-14-22-20-8-2-4-10-24(20)41-33-26(12-6-17-38-33)42(37)36(41)30(22)32/h1-18H/q+2. The SMILES string of the molecule is c1ccc2c(c1)c1ccc3c4c1c1n2c2cccnc2[n+]1C41c2c(ccc4c5ccccc5n5c6ncccc6[n+]1c5c24)O3. The minimum absolute atomic E-state index is 0.765. The summed E-state index contributed by atoms with van der Waals surface area (Å²) in [6.07, 6.45) is 3.82. The summed E-state index contributed by atoms with van der Waals surface area (Å²) in [5, 5.41) is 7.27. The Labute approximate surface area is 247 Å². The maximum absolute atomic E-state index is 6.91. The molecule has 9 heterocycles. The molecule has 0 aliphatic carbocycles. The minimum Gasteiger partial charge on any atom is -0.456 e. The predicted molar refractivity (Wildman–Crippen MR) is 167 cm³/mol. The van der Waals surface area contributed by atoms with E-state index in [2.05, 4.69) is 109 Å². The van der Waals surface area contributed by atoms with Gasteiger partial charge in [0.25, 0.3) is 11.3 Å². The maximum Gasteiger partial charge on any atom is 0.306 e. The number of hydrogen-bond donors (Lipinski definition) is 0. The van der Waals surface area contributed by atoms with Crippen LogP contribution in [-0.4, -0.2) is 18.8 Å². The number of imidazole rings is 2. The lowest BCUT2D eigenvalue weighted by atomic mass is 9.85. The van der Waals surface area contributed by atoms with E-state index in [1.165, 1.54) is 49.0 Å². The monoisotopic (exact) mass is 562 g/mol. The Morgan fingerprint density at radius 3 is 1.91 bits per heavy atom. The van der Waals surface area contributed by atoms with Gasteiger partial charge in [-0.15, -0.1) is 4.98 Å². The Morgan fingerprint density at radius 1 is 0.545 bits per heavy atom. The first-order chi connectivity index (χ1) is 21.9. The fourth-order valence-corrected chi connectivity index (χ4v) is 9.18. The van der Waals surface area contributed by atoms with Gasteiger partial charge in [-0.05, 0) is 66.0 Å². The number of para-hydroxylation sites is 2. The Bertz CT molecular complexity index is 2890. The first kappa shape index (κ1) is 20.7. The van der Waals surface area contributed by atoms with Crippen LogP contribution in [-0.2, 0) is 5.66 Å². The number of benzene rings is 4. The Balaban J connectivity index is 1.45. The molecule has 0 fully saturated rings. The Kier molecular flexibility index (Phi) is 2.97. The van der Waals surface area contributed by atoms with E-state index < -0.39 is 5.66 Å². The van der Waals surface area contributed by atoms with Crippen LogP contribution < -0.4 is 13.9 Å². The fourth-order valence-electron chi connectivity index (χ4n) is 9.18. The van der Waals surface area contributed by atoms with E-state index in [0.29, 0.717) is 0 Å². The Morgan fingerprint density at radius 2 is 1.16 bits per heavy atom. The van der Waals surface area contributed by atoms with Crippen LogP contribution in [0.3, 0.4) is 0 Å². The number of rotatable bonds is 0. The number of ether oxygens (including phenoxy) is 1. The molecule has 7 heteroatoms. The molecule has 0 N–H and O–H groups in total. The molecular weight excluding hydrogens is 544 g/mol. The highest BCUT2D eigenvalue weighted by atomic mass is 16.5. The second-order valence-corrected chi connectivity index (χ2v) is 12.2. The van der Waals surface area contributed by atoms with Crippen molar-refractivity contribution in [3.8, 4) is 11.5 Å². The molecule has 3 aliphatic heterocycles. The molecule has 3 aliphatic rings. The minimum atomic E-state index is -0.765. The summed E-state index contributed by atoms with van der Waals surface area (Å²) in [5.74, 6) is 1.77. The summed E-state index contributed by atoms with van der Waals surface area (Å²) in [5.41, 5.74) is 10.2. The van der Waals surface area contributed by atoms with Crippen molar-refractivity contribution in [2.45, 2.75) is 5.66 Å². The van der Waals surface area contributed by atoms with Gasteiger partial charge in [0.2, 0.25) is 5.65 Å². The van der Waals surface area contributed by atoms with Gasteiger partial charge in [-0.2, -0.15) is 13.5 Å². The van der Waals surface area contributed by atoms with Gasteiger partial charge in [0.05, 0.1) is 16.3 Å². The largest absolute Gasteiger partial charge is 0.456 e. The molecule has 4 aromatic carbocycles. The number of pyridine rings is 4. The molecule has 1 spiro atoms. The van der Waals surface area contributed by atoms with Crippen molar-refractivity contribution in [1.29, 1.82) is 0 Å². The lowest BCUT2D eigenvalue weighted by Gasteiger charge is -2.31. The predicted octanol–water partition coefficient (Wildman–Crippen LogP) is 6.51. The second kappa shape index (κ2) is 6.31. The van der Waals surface area contributed by atoms with Gasteiger partial charge in [0.1, 0.15) is 34.3 Å². The smallest absolute Gasteiger partial charge is 0.306 e. The van der Waals surface area contributed by atoms with E-state index >= 15 is 0 Å². The summed E-state index contributed by atoms with van der Waals surface area (Å²) < 4.78 is 16.7. The highest BCUT2D eigenvalue weighted by Gasteiger charge is 2.66. The van der Waals surface area contributed by atoms with Crippen LogP contribution in [0.5, 0.6) is 11.5 Å². The second-order valence-electron chi connectivity index (χ2n) is 12.2. The van der Waals surface area contributed by atoms with Gasteiger partial charge in [-0.25, -0.2) is 9.38 Å². The first-order valence-electron chi connectivity index (χ1n) is 14.9. The number of hydrogen-bond acceptors (Lipinski definition) is 3. The molecule has 44 heavy (non-hydrogen) atoms. The zero-order chi connectivity index (χ0) is 28.1. The van der Waals surface area contributed by atoms with Crippen LogP contribution >= 0.6 is 0 Å². The summed E-state index contributed by atoms with van der Waals surface area (Å²) in [6, 6.07) is 34.8. The summed E-state index contributed by atoms with van der Waals surface area (Å²) in [6.45, 7) is 0. The lowest BCUT2D eigenvalue weighted by Crippen LogP contribution is -2.72. The third-order valence-electron chi connectivity index (χ3n) is 10.5. The van der Waals surface area contributed by atoms with Crippen LogP contribution in [0.25, 0.3) is 77.0 Å². The molecular formula is C37H18N6O+2. The van der Waals surface area contributed by atoms with E-state index in [-0.39, 0.29) is 0 Å². The van der Waals surface area contributed by atoms with E-state index in [9.17, 15) is 0 Å². The van der Waals surface area contributed by atoms with Crippen LogP contribution in [0.1, 0.15) is 11.1 Å². The van der Waals surface area contributed by atoms with Gasteiger partial charge < -0.3 is 4.74 Å². The first-order valence-corrected chi connectivity index (χ1v) is 14.9. The molecule has 0 saturated carbocycles. The molecule has 0 saturated heterocycles. The average molecular weight is 563 g/mol. The van der Waals surface area contributed by atoms with Crippen molar-refractivity contribution in [3.05, 3.63) is 121 Å². The molecule has 1 atom stereocenters. The summed E-state index contributed by atoms with van der Waals surface area (Å²) in [7, 11) is 0. The fraction of sp³-hybridized carbons (Fsp3) is 0.0270. The highest BCUT2D eigenvalue weighted by Crippen LogP contribution is 2.58. The van der Waals surface area contributed by atoms with Crippen molar-refractivity contribution in [2.24, 2.45) is 0 Å². The van der Waals surface area contributed by atoms with Crippen molar-refractivity contribution < 1.29 is 13.9 Å². The molecule has 1 unspecified atom stereocenters. The average Bonchev–Trinajstić information content (AvgIpc) is 3.79. The highest BCUT2D eigenvalue weighted by molar-refractivity contribution is 6.19. The zero-order valence-corrected chi connectivity index (χ0v) is 23.0. The summed E-state index contributed by atoms with van der Waals surface area (Å²) in [4.78, 5) is 10.2. The van der Waals surface area contributed by atoms with Crippen molar-refractivity contribution in [1.82, 2.24) is 18.8 Å². The molecule has 7 nitrogen and oxygen atoms in total. The number of fused-ring (bicyclic) bond motifs is 12. The Hall–Kier alpha value is -6.08. The van der Waals surface area contributed by atoms with Gasteiger partial charge in [-0.3, -0.25) is 0 Å². The molecule has 0 bridgehead atoms. The molecule has 10 aromatic rings. The normalized spacial score (nSPS) is 17.4. The molecule has 13 rings (SSSR count). The third kappa shape index (κ3) is 1.80. The van der Waals surface area contributed by atoms with Gasteiger partial charge in [0, 0.05) is 22.4 Å². The molecule has 0 radical (unpaired) electrons. The topological polar surface area (TPSA) is 51.6 Å². The van der Waals surface area contributed by atoms with Crippen LogP contribution in [0.4, 0.5) is 0 Å². The van der Waals surface area contributed by atoms with Crippen molar-refractivity contribution >= 4 is 77.0 Å². The van der Waals surface area contributed by atoms with E-state index in [1.807, 2.05) is 18.5 Å². The molecule has 6 aromatic heterocycles.